The maximum absolute atomic E-state index is 13.2. The van der Waals surface area contributed by atoms with Crippen molar-refractivity contribution < 1.29 is 14.4 Å². The summed E-state index contributed by atoms with van der Waals surface area (Å²) < 4.78 is 1.51. The topological polar surface area (TPSA) is 120 Å². The molecule has 8 nitrogen and oxygen atoms in total. The lowest BCUT2D eigenvalue weighted by atomic mass is 10.0. The number of Topliss-reactive ketones (excluding diaryl/α,β-unsaturated/α-hetero) is 1. The van der Waals surface area contributed by atoms with Gasteiger partial charge in [0, 0.05) is 24.4 Å². The Morgan fingerprint density at radius 2 is 1.71 bits per heavy atom. The zero-order valence-electron chi connectivity index (χ0n) is 18.5. The average molecular weight is 454 g/mol. The fraction of sp³-hybridized carbons (Fsp3) is 0.115. The molecule has 170 valence electrons. The van der Waals surface area contributed by atoms with Crippen LogP contribution in [-0.2, 0) is 16.0 Å². The molecule has 8 heteroatoms. The number of ketones is 1. The molecule has 1 unspecified atom stereocenters. The van der Waals surface area contributed by atoms with Crippen molar-refractivity contribution in [2.24, 2.45) is 5.73 Å². The number of rotatable bonds is 8. The van der Waals surface area contributed by atoms with E-state index < -0.39 is 23.6 Å². The monoisotopic (exact) mass is 453 g/mol. The summed E-state index contributed by atoms with van der Waals surface area (Å²) >= 11 is 0. The molecule has 0 aliphatic heterocycles. The van der Waals surface area contributed by atoms with Gasteiger partial charge in [-0.3, -0.25) is 14.4 Å². The van der Waals surface area contributed by atoms with Crippen molar-refractivity contribution in [2.45, 2.75) is 19.4 Å². The molecule has 0 aliphatic rings. The normalized spacial score (nSPS) is 11.6. The van der Waals surface area contributed by atoms with Crippen LogP contribution in [0.2, 0.25) is 0 Å². The summed E-state index contributed by atoms with van der Waals surface area (Å²) in [5, 5.41) is 7.25. The number of nitrogens with two attached hydrogens (primary N) is 1. The van der Waals surface area contributed by atoms with Crippen LogP contribution in [0.4, 0.5) is 0 Å². The summed E-state index contributed by atoms with van der Waals surface area (Å²) in [4.78, 5) is 41.6. The highest BCUT2D eigenvalue weighted by atomic mass is 16.2. The number of aryl methyl sites for hydroxylation is 1. The highest BCUT2D eigenvalue weighted by Crippen LogP contribution is 2.22. The van der Waals surface area contributed by atoms with Crippen LogP contribution in [0.25, 0.3) is 17.1 Å². The van der Waals surface area contributed by atoms with Gasteiger partial charge in [0.25, 0.3) is 11.8 Å². The van der Waals surface area contributed by atoms with Crippen LogP contribution >= 0.6 is 0 Å². The number of carbonyl (C=O) groups excluding carboxylic acids is 3. The molecule has 2 aromatic carbocycles. The minimum atomic E-state index is -1.11. The molecule has 3 N–H and O–H groups in total. The quantitative estimate of drug-likeness (QED) is 0.398. The number of nitrogens with one attached hydrogen (secondary N) is 1. The summed E-state index contributed by atoms with van der Waals surface area (Å²) in [7, 11) is 0. The van der Waals surface area contributed by atoms with Crippen LogP contribution in [0, 0.1) is 6.92 Å². The SMILES string of the molecule is Cc1ccccc1-c1ccn(-c2ncccc2C(=O)NC(Cc2ccccc2)C(=O)C(N)=O)n1. The molecular formula is C26H23N5O3. The van der Waals surface area contributed by atoms with Gasteiger partial charge in [-0.05, 0) is 36.2 Å². The number of hydrogen-bond donors (Lipinski definition) is 2. The van der Waals surface area contributed by atoms with Crippen molar-refractivity contribution in [3.63, 3.8) is 0 Å². The molecule has 0 fully saturated rings. The van der Waals surface area contributed by atoms with Crippen molar-refractivity contribution in [3.05, 3.63) is 102 Å². The molecule has 34 heavy (non-hydrogen) atoms. The predicted octanol–water partition coefficient (Wildman–Crippen LogP) is 2.64. The number of carbonyl (C=O) groups is 3. The Hall–Kier alpha value is -4.59. The minimum absolute atomic E-state index is 0.128. The maximum atomic E-state index is 13.2. The summed E-state index contributed by atoms with van der Waals surface area (Å²) in [6.45, 7) is 2.00. The Bertz CT molecular complexity index is 1350. The zero-order valence-corrected chi connectivity index (χ0v) is 18.5. The second kappa shape index (κ2) is 9.91. The number of hydrogen-bond acceptors (Lipinski definition) is 5. The van der Waals surface area contributed by atoms with Crippen LogP contribution in [0.3, 0.4) is 0 Å². The lowest BCUT2D eigenvalue weighted by Gasteiger charge is -2.17. The van der Waals surface area contributed by atoms with E-state index in [4.69, 9.17) is 5.73 Å². The standard InChI is InChI=1S/C26H23N5O3/c1-17-8-5-6-11-19(17)21-13-15-31(30-21)25-20(12-7-14-28-25)26(34)29-22(23(32)24(27)33)16-18-9-3-2-4-10-18/h2-15,22H,16H2,1H3,(H2,27,33)(H,29,34). The van der Waals surface area contributed by atoms with Crippen LogP contribution in [0.1, 0.15) is 21.5 Å². The zero-order chi connectivity index (χ0) is 24.1. The van der Waals surface area contributed by atoms with Gasteiger partial charge in [0.05, 0.1) is 11.3 Å². The first kappa shape index (κ1) is 22.6. The summed E-state index contributed by atoms with van der Waals surface area (Å²) in [6, 6.07) is 20.9. The maximum Gasteiger partial charge on any atom is 0.287 e. The van der Waals surface area contributed by atoms with E-state index in [1.165, 1.54) is 4.68 Å². The number of aromatic nitrogens is 3. The third-order valence-electron chi connectivity index (χ3n) is 5.41. The molecule has 2 heterocycles. The van der Waals surface area contributed by atoms with E-state index in [0.29, 0.717) is 5.82 Å². The van der Waals surface area contributed by atoms with Crippen molar-refractivity contribution in [1.29, 1.82) is 0 Å². The third kappa shape index (κ3) is 4.91. The second-order valence-electron chi connectivity index (χ2n) is 7.78. The number of nitrogens with zero attached hydrogens (tertiary/aromatic N) is 3. The molecule has 0 saturated heterocycles. The fourth-order valence-electron chi connectivity index (χ4n) is 3.67. The molecule has 0 bridgehead atoms. The van der Waals surface area contributed by atoms with Gasteiger partial charge in [0.15, 0.2) is 5.82 Å². The van der Waals surface area contributed by atoms with E-state index in [2.05, 4.69) is 15.4 Å². The van der Waals surface area contributed by atoms with Crippen molar-refractivity contribution in [3.8, 4) is 17.1 Å². The van der Waals surface area contributed by atoms with Gasteiger partial charge in [-0.25, -0.2) is 9.67 Å². The molecule has 1 atom stereocenters. The van der Waals surface area contributed by atoms with Crippen LogP contribution in [0.15, 0.2) is 85.2 Å². The first-order chi connectivity index (χ1) is 16.4. The smallest absolute Gasteiger partial charge is 0.287 e. The molecule has 0 spiro atoms. The Balaban J connectivity index is 1.63. The average Bonchev–Trinajstić information content (AvgIpc) is 3.34. The largest absolute Gasteiger partial charge is 0.363 e. The van der Waals surface area contributed by atoms with Crippen LogP contribution in [0.5, 0.6) is 0 Å². The van der Waals surface area contributed by atoms with Gasteiger partial charge in [0.1, 0.15) is 6.04 Å². The Morgan fingerprint density at radius 1 is 0.971 bits per heavy atom. The van der Waals surface area contributed by atoms with Gasteiger partial charge < -0.3 is 11.1 Å². The Morgan fingerprint density at radius 3 is 2.44 bits per heavy atom. The number of amides is 2. The lowest BCUT2D eigenvalue weighted by molar-refractivity contribution is -0.137. The first-order valence-corrected chi connectivity index (χ1v) is 10.7. The third-order valence-corrected chi connectivity index (χ3v) is 5.41. The first-order valence-electron chi connectivity index (χ1n) is 10.7. The minimum Gasteiger partial charge on any atom is -0.363 e. The van der Waals surface area contributed by atoms with Gasteiger partial charge in [-0.1, -0.05) is 54.6 Å². The number of pyridine rings is 1. The van der Waals surface area contributed by atoms with Gasteiger partial charge in [0.2, 0.25) is 5.78 Å². The van der Waals surface area contributed by atoms with Crippen LogP contribution < -0.4 is 11.1 Å². The highest BCUT2D eigenvalue weighted by molar-refractivity contribution is 6.38. The molecule has 4 rings (SSSR count). The van der Waals surface area contributed by atoms with E-state index in [9.17, 15) is 14.4 Å². The van der Waals surface area contributed by atoms with Crippen molar-refractivity contribution in [1.82, 2.24) is 20.1 Å². The van der Waals surface area contributed by atoms with Crippen molar-refractivity contribution >= 4 is 17.6 Å². The van der Waals surface area contributed by atoms with E-state index in [-0.39, 0.29) is 12.0 Å². The number of benzene rings is 2. The molecule has 0 aliphatic carbocycles. The van der Waals surface area contributed by atoms with Crippen molar-refractivity contribution in [2.75, 3.05) is 0 Å². The number of primary amides is 1. The molecule has 0 radical (unpaired) electrons. The van der Waals surface area contributed by atoms with E-state index in [0.717, 1.165) is 22.4 Å². The summed E-state index contributed by atoms with van der Waals surface area (Å²) in [5.74, 6) is -2.25. The summed E-state index contributed by atoms with van der Waals surface area (Å²) in [6.07, 6.45) is 3.40. The molecular weight excluding hydrogens is 430 g/mol. The lowest BCUT2D eigenvalue weighted by Crippen LogP contribution is -2.47. The highest BCUT2D eigenvalue weighted by Gasteiger charge is 2.27. The van der Waals surface area contributed by atoms with Crippen LogP contribution in [-0.4, -0.2) is 38.4 Å². The Labute approximate surface area is 196 Å². The van der Waals surface area contributed by atoms with E-state index in [1.807, 2.05) is 55.5 Å². The van der Waals surface area contributed by atoms with Gasteiger partial charge in [-0.2, -0.15) is 5.10 Å². The second-order valence-corrected chi connectivity index (χ2v) is 7.78. The fourth-order valence-corrected chi connectivity index (χ4v) is 3.67. The Kier molecular flexibility index (Phi) is 6.59. The molecule has 4 aromatic rings. The summed E-state index contributed by atoms with van der Waals surface area (Å²) in [5.41, 5.74) is 8.99. The van der Waals surface area contributed by atoms with E-state index >= 15 is 0 Å². The molecule has 2 aromatic heterocycles. The van der Waals surface area contributed by atoms with Gasteiger partial charge >= 0.3 is 0 Å². The molecule has 2 amide bonds. The molecule has 0 saturated carbocycles. The van der Waals surface area contributed by atoms with E-state index in [1.54, 1.807) is 36.7 Å². The van der Waals surface area contributed by atoms with Gasteiger partial charge in [-0.15, -0.1) is 0 Å². The predicted molar refractivity (Wildman–Crippen MR) is 127 cm³/mol.